The van der Waals surface area contributed by atoms with Gasteiger partial charge in [0.25, 0.3) is 0 Å². The molecule has 0 aromatic carbocycles. The Morgan fingerprint density at radius 3 is 2.54 bits per heavy atom. The van der Waals surface area contributed by atoms with Gasteiger partial charge < -0.3 is 19.9 Å². The Balaban J connectivity index is 1.25. The van der Waals surface area contributed by atoms with E-state index >= 15 is 0 Å². The third-order valence-corrected chi connectivity index (χ3v) is 5.12. The first-order valence-electron chi connectivity index (χ1n) is 9.74. The summed E-state index contributed by atoms with van der Waals surface area (Å²) in [6.45, 7) is 7.17. The predicted molar refractivity (Wildman–Crippen MR) is 107 cm³/mol. The van der Waals surface area contributed by atoms with Crippen LogP contribution in [0, 0.1) is 0 Å². The minimum Gasteiger partial charge on any atom is -0.378 e. The molecule has 2 fully saturated rings. The van der Waals surface area contributed by atoms with E-state index in [1.54, 1.807) is 12.4 Å². The summed E-state index contributed by atoms with van der Waals surface area (Å²) >= 11 is 0. The second-order valence-corrected chi connectivity index (χ2v) is 7.06. The van der Waals surface area contributed by atoms with E-state index < -0.39 is 0 Å². The number of nitrogens with one attached hydrogen (secondary N) is 1. The van der Waals surface area contributed by atoms with Crippen LogP contribution >= 0.6 is 0 Å². The van der Waals surface area contributed by atoms with E-state index in [4.69, 9.17) is 4.74 Å². The second kappa shape index (κ2) is 8.99. The van der Waals surface area contributed by atoms with Crippen molar-refractivity contribution in [1.82, 2.24) is 19.8 Å². The third-order valence-electron chi connectivity index (χ3n) is 5.12. The number of carbonyl (C=O) groups excluding carboxylic acids is 1. The fourth-order valence-electron chi connectivity index (χ4n) is 3.50. The van der Waals surface area contributed by atoms with Crippen molar-refractivity contribution in [3.8, 4) is 0 Å². The number of morpholine rings is 1. The second-order valence-electron chi connectivity index (χ2n) is 7.06. The number of rotatable bonds is 4. The molecule has 0 atom stereocenters. The SMILES string of the molecule is O=C(Nc1ccc(N2CCOCC2)nc1)N1CCN(Cc2cccnc2)CC1. The summed E-state index contributed by atoms with van der Waals surface area (Å²) < 4.78 is 5.37. The molecule has 148 valence electrons. The van der Waals surface area contributed by atoms with Gasteiger partial charge in [-0.15, -0.1) is 0 Å². The maximum absolute atomic E-state index is 12.6. The predicted octanol–water partition coefficient (Wildman–Crippen LogP) is 1.66. The van der Waals surface area contributed by atoms with Gasteiger partial charge in [-0.25, -0.2) is 9.78 Å². The largest absolute Gasteiger partial charge is 0.378 e. The molecule has 0 saturated carbocycles. The number of carbonyl (C=O) groups is 1. The van der Waals surface area contributed by atoms with Crippen LogP contribution in [-0.2, 0) is 11.3 Å². The highest BCUT2D eigenvalue weighted by atomic mass is 16.5. The van der Waals surface area contributed by atoms with Crippen LogP contribution < -0.4 is 10.2 Å². The number of urea groups is 1. The van der Waals surface area contributed by atoms with E-state index in [2.05, 4.69) is 31.2 Å². The van der Waals surface area contributed by atoms with Gasteiger partial charge in [0.2, 0.25) is 0 Å². The number of piperazine rings is 1. The lowest BCUT2D eigenvalue weighted by atomic mass is 10.2. The van der Waals surface area contributed by atoms with Crippen molar-refractivity contribution in [3.05, 3.63) is 48.4 Å². The highest BCUT2D eigenvalue weighted by Crippen LogP contribution is 2.16. The molecule has 8 nitrogen and oxygen atoms in total. The summed E-state index contributed by atoms with van der Waals surface area (Å²) in [6, 6.07) is 7.83. The van der Waals surface area contributed by atoms with E-state index in [0.29, 0.717) is 13.1 Å². The molecule has 4 heterocycles. The van der Waals surface area contributed by atoms with Crippen molar-refractivity contribution < 1.29 is 9.53 Å². The molecule has 0 radical (unpaired) electrons. The minimum absolute atomic E-state index is 0.0676. The number of nitrogens with zero attached hydrogens (tertiary/aromatic N) is 5. The van der Waals surface area contributed by atoms with Crippen molar-refractivity contribution in [2.24, 2.45) is 0 Å². The first-order chi connectivity index (χ1) is 13.8. The highest BCUT2D eigenvalue weighted by Gasteiger charge is 2.21. The molecule has 28 heavy (non-hydrogen) atoms. The molecular weight excluding hydrogens is 356 g/mol. The Labute approximate surface area is 165 Å². The van der Waals surface area contributed by atoms with Gasteiger partial charge >= 0.3 is 6.03 Å². The molecule has 0 bridgehead atoms. The zero-order valence-corrected chi connectivity index (χ0v) is 16.0. The van der Waals surface area contributed by atoms with Gasteiger partial charge in [0, 0.05) is 58.2 Å². The summed E-state index contributed by atoms with van der Waals surface area (Å²) in [5.74, 6) is 0.922. The third kappa shape index (κ3) is 4.76. The molecule has 2 amide bonds. The standard InChI is InChI=1S/C20H26N6O2/c27-20(23-18-3-4-19(22-15-18)25-10-12-28-13-11-25)26-8-6-24(7-9-26)16-17-2-1-5-21-14-17/h1-5,14-15H,6-13,16H2,(H,23,27). The van der Waals surface area contributed by atoms with Gasteiger partial charge in [-0.1, -0.05) is 6.07 Å². The number of amides is 2. The number of pyridine rings is 2. The monoisotopic (exact) mass is 382 g/mol. The molecule has 2 aliphatic rings. The van der Waals surface area contributed by atoms with Crippen LogP contribution in [-0.4, -0.2) is 78.3 Å². The van der Waals surface area contributed by atoms with E-state index in [1.165, 1.54) is 5.56 Å². The first kappa shape index (κ1) is 18.6. The Bertz CT molecular complexity index is 756. The molecule has 1 N–H and O–H groups in total. The van der Waals surface area contributed by atoms with Crippen LogP contribution in [0.25, 0.3) is 0 Å². The van der Waals surface area contributed by atoms with Gasteiger partial charge in [-0.3, -0.25) is 9.88 Å². The van der Waals surface area contributed by atoms with Crippen LogP contribution in [0.4, 0.5) is 16.3 Å². The van der Waals surface area contributed by atoms with E-state index in [9.17, 15) is 4.79 Å². The Morgan fingerprint density at radius 2 is 1.86 bits per heavy atom. The topological polar surface area (TPSA) is 73.8 Å². The highest BCUT2D eigenvalue weighted by molar-refractivity contribution is 5.89. The van der Waals surface area contributed by atoms with E-state index in [-0.39, 0.29) is 6.03 Å². The molecule has 0 unspecified atom stereocenters. The number of anilines is 2. The molecule has 0 spiro atoms. The smallest absolute Gasteiger partial charge is 0.321 e. The molecule has 4 rings (SSSR count). The minimum atomic E-state index is -0.0676. The van der Waals surface area contributed by atoms with Crippen molar-refractivity contribution >= 4 is 17.5 Å². The lowest BCUT2D eigenvalue weighted by Gasteiger charge is -2.34. The van der Waals surface area contributed by atoms with Gasteiger partial charge in [0.1, 0.15) is 5.82 Å². The van der Waals surface area contributed by atoms with Crippen LogP contribution in [0.2, 0.25) is 0 Å². The maximum atomic E-state index is 12.6. The fraction of sp³-hybridized carbons (Fsp3) is 0.450. The molecule has 8 heteroatoms. The Kier molecular flexibility index (Phi) is 5.98. The van der Waals surface area contributed by atoms with Crippen molar-refractivity contribution in [3.63, 3.8) is 0 Å². The summed E-state index contributed by atoms with van der Waals surface area (Å²) in [6.07, 6.45) is 5.40. The maximum Gasteiger partial charge on any atom is 0.321 e. The molecule has 2 aliphatic heterocycles. The van der Waals surface area contributed by atoms with Crippen LogP contribution in [0.1, 0.15) is 5.56 Å². The zero-order chi connectivity index (χ0) is 19.2. The number of ether oxygens (including phenoxy) is 1. The lowest BCUT2D eigenvalue weighted by molar-refractivity contribution is 0.122. The van der Waals surface area contributed by atoms with E-state index in [1.807, 2.05) is 29.3 Å². The Hall–Kier alpha value is -2.71. The quantitative estimate of drug-likeness (QED) is 0.867. The lowest BCUT2D eigenvalue weighted by Crippen LogP contribution is -2.49. The zero-order valence-electron chi connectivity index (χ0n) is 16.0. The van der Waals surface area contributed by atoms with Crippen LogP contribution in [0.15, 0.2) is 42.9 Å². The van der Waals surface area contributed by atoms with Gasteiger partial charge in [-0.05, 0) is 23.8 Å². The molecule has 0 aliphatic carbocycles. The summed E-state index contributed by atoms with van der Waals surface area (Å²) in [7, 11) is 0. The number of aromatic nitrogens is 2. The number of hydrogen-bond acceptors (Lipinski definition) is 6. The van der Waals surface area contributed by atoms with E-state index in [0.717, 1.165) is 57.4 Å². The van der Waals surface area contributed by atoms with Crippen LogP contribution in [0.5, 0.6) is 0 Å². The van der Waals surface area contributed by atoms with Gasteiger partial charge in [0.15, 0.2) is 0 Å². The summed E-state index contributed by atoms with van der Waals surface area (Å²) in [4.78, 5) is 27.6. The van der Waals surface area contributed by atoms with Crippen molar-refractivity contribution in [1.29, 1.82) is 0 Å². The average Bonchev–Trinajstić information content (AvgIpc) is 2.76. The average molecular weight is 382 g/mol. The number of hydrogen-bond donors (Lipinski definition) is 1. The first-order valence-corrected chi connectivity index (χ1v) is 9.74. The normalized spacial score (nSPS) is 18.1. The van der Waals surface area contributed by atoms with Crippen molar-refractivity contribution in [2.45, 2.75) is 6.54 Å². The summed E-state index contributed by atoms with van der Waals surface area (Å²) in [5.41, 5.74) is 1.92. The molecule has 2 aromatic heterocycles. The van der Waals surface area contributed by atoms with Crippen LogP contribution in [0.3, 0.4) is 0 Å². The summed E-state index contributed by atoms with van der Waals surface area (Å²) in [5, 5.41) is 2.96. The van der Waals surface area contributed by atoms with Gasteiger partial charge in [0.05, 0.1) is 25.1 Å². The Morgan fingerprint density at radius 1 is 1.04 bits per heavy atom. The van der Waals surface area contributed by atoms with Crippen molar-refractivity contribution in [2.75, 3.05) is 62.7 Å². The fourth-order valence-corrected chi connectivity index (χ4v) is 3.50. The van der Waals surface area contributed by atoms with Gasteiger partial charge in [-0.2, -0.15) is 0 Å². The molecule has 2 saturated heterocycles. The molecular formula is C20H26N6O2. The molecule has 2 aromatic rings.